The smallest absolute Gasteiger partial charge is 0.342 e. The van der Waals surface area contributed by atoms with E-state index >= 15 is 0 Å². The maximum atomic E-state index is 12.6. The van der Waals surface area contributed by atoms with E-state index in [-0.39, 0.29) is 24.2 Å². The summed E-state index contributed by atoms with van der Waals surface area (Å²) in [6.07, 6.45) is -1.72. The van der Waals surface area contributed by atoms with Crippen LogP contribution in [0.25, 0.3) is 0 Å². The molecule has 2 heterocycles. The maximum Gasteiger partial charge on any atom is 0.342 e. The minimum Gasteiger partial charge on any atom is -0.507 e. The van der Waals surface area contributed by atoms with Gasteiger partial charge in [-0.3, -0.25) is 4.79 Å². The van der Waals surface area contributed by atoms with Crippen molar-refractivity contribution in [1.29, 1.82) is 0 Å². The number of aliphatic hydroxyl groups excluding tert-OH is 2. The number of ether oxygens (including phenoxy) is 3. The number of phenolic OH excluding ortho intramolecular Hbond substituents is 1. The Balaban J connectivity index is 1.98. The Labute approximate surface area is 156 Å². The molecule has 0 bridgehead atoms. The van der Waals surface area contributed by atoms with Crippen molar-refractivity contribution < 1.29 is 39.1 Å². The van der Waals surface area contributed by atoms with Crippen LogP contribution in [0.4, 0.5) is 0 Å². The number of methoxy groups -OCH3 is 1. The van der Waals surface area contributed by atoms with Gasteiger partial charge in [0.1, 0.15) is 35.4 Å². The van der Waals surface area contributed by atoms with Crippen LogP contribution in [0, 0.1) is 0 Å². The predicted molar refractivity (Wildman–Crippen MR) is 92.5 cm³/mol. The fourth-order valence-electron chi connectivity index (χ4n) is 3.10. The first-order chi connectivity index (χ1) is 12.8. The lowest BCUT2D eigenvalue weighted by Gasteiger charge is -2.17. The van der Waals surface area contributed by atoms with Crippen LogP contribution >= 0.6 is 0 Å². The van der Waals surface area contributed by atoms with Crippen LogP contribution in [0.3, 0.4) is 0 Å². The molecule has 27 heavy (non-hydrogen) atoms. The first-order valence-electron chi connectivity index (χ1n) is 8.65. The van der Waals surface area contributed by atoms with Gasteiger partial charge in [-0.25, -0.2) is 4.79 Å². The van der Waals surface area contributed by atoms with E-state index < -0.39 is 42.3 Å². The van der Waals surface area contributed by atoms with Gasteiger partial charge in [0.15, 0.2) is 5.78 Å². The van der Waals surface area contributed by atoms with Crippen molar-refractivity contribution in [2.45, 2.75) is 50.3 Å². The van der Waals surface area contributed by atoms with Gasteiger partial charge < -0.3 is 29.5 Å². The minimum absolute atomic E-state index is 0.00568. The summed E-state index contributed by atoms with van der Waals surface area (Å²) in [5.41, 5.74) is 0.344. The zero-order chi connectivity index (χ0) is 19.7. The van der Waals surface area contributed by atoms with Gasteiger partial charge in [0.2, 0.25) is 0 Å². The highest BCUT2D eigenvalue weighted by Gasteiger charge is 2.46. The Morgan fingerprint density at radius 2 is 1.96 bits per heavy atom. The molecule has 1 saturated heterocycles. The van der Waals surface area contributed by atoms with Crippen molar-refractivity contribution >= 4 is 11.8 Å². The molecular formula is C19H22O8. The quantitative estimate of drug-likeness (QED) is 0.489. The van der Waals surface area contributed by atoms with Crippen LogP contribution in [0.1, 0.15) is 41.8 Å². The van der Waals surface area contributed by atoms with Gasteiger partial charge in [-0.2, -0.15) is 0 Å². The highest BCUT2D eigenvalue weighted by Crippen LogP contribution is 2.46. The van der Waals surface area contributed by atoms with Gasteiger partial charge in [0.25, 0.3) is 0 Å². The minimum atomic E-state index is -1.56. The average molecular weight is 378 g/mol. The Bertz CT molecular complexity index is 771. The molecule has 1 aromatic rings. The third-order valence-electron chi connectivity index (χ3n) is 4.64. The number of cyclic esters (lactones) is 1. The zero-order valence-electron chi connectivity index (χ0n) is 15.0. The van der Waals surface area contributed by atoms with E-state index in [1.54, 1.807) is 13.0 Å². The van der Waals surface area contributed by atoms with E-state index in [4.69, 9.17) is 14.2 Å². The molecule has 0 unspecified atom stereocenters. The standard InChI is InChI=1S/C19H22O8/c1-9-4-3-5-12(20)17(23)14(22)8-15-18(27-15)11-6-10(25-2)7-13(21)16(11)19(24)26-9/h3,5-7,9,14-15,17-18,21-23H,4,8H2,1-2H3/b5-3-/t9-,14-,15+,17+,18+/m0/s1. The van der Waals surface area contributed by atoms with Gasteiger partial charge in [-0.15, -0.1) is 0 Å². The molecule has 8 nitrogen and oxygen atoms in total. The number of rotatable bonds is 1. The van der Waals surface area contributed by atoms with Crippen molar-refractivity contribution in [3.63, 3.8) is 0 Å². The second-order valence-corrected chi connectivity index (χ2v) is 6.71. The predicted octanol–water partition coefficient (Wildman–Crippen LogP) is 1.03. The number of esters is 1. The van der Waals surface area contributed by atoms with E-state index in [0.717, 1.165) is 6.08 Å². The van der Waals surface area contributed by atoms with Crippen molar-refractivity contribution in [3.8, 4) is 11.5 Å². The van der Waals surface area contributed by atoms with E-state index in [9.17, 15) is 24.9 Å². The van der Waals surface area contributed by atoms with E-state index in [2.05, 4.69) is 0 Å². The number of hydrogen-bond donors (Lipinski definition) is 3. The number of phenols is 1. The molecule has 0 saturated carbocycles. The molecule has 0 radical (unpaired) electrons. The van der Waals surface area contributed by atoms with Crippen LogP contribution < -0.4 is 4.74 Å². The molecular weight excluding hydrogens is 356 g/mol. The largest absolute Gasteiger partial charge is 0.507 e. The van der Waals surface area contributed by atoms with E-state index in [1.165, 1.54) is 19.3 Å². The molecule has 0 aromatic heterocycles. The van der Waals surface area contributed by atoms with Crippen LogP contribution in [0.5, 0.6) is 11.5 Å². The van der Waals surface area contributed by atoms with Gasteiger partial charge in [0.05, 0.1) is 19.3 Å². The van der Waals surface area contributed by atoms with Gasteiger partial charge in [-0.1, -0.05) is 6.08 Å². The number of benzene rings is 1. The number of carbonyl (C=O) groups is 2. The fourth-order valence-corrected chi connectivity index (χ4v) is 3.10. The molecule has 0 spiro atoms. The highest BCUT2D eigenvalue weighted by molar-refractivity contribution is 5.95. The van der Waals surface area contributed by atoms with Crippen LogP contribution in [-0.2, 0) is 14.3 Å². The molecule has 3 rings (SSSR count). The monoisotopic (exact) mass is 378 g/mol. The van der Waals surface area contributed by atoms with Gasteiger partial charge >= 0.3 is 5.97 Å². The van der Waals surface area contributed by atoms with Crippen LogP contribution in [-0.4, -0.2) is 58.6 Å². The van der Waals surface area contributed by atoms with Crippen molar-refractivity contribution in [2.24, 2.45) is 0 Å². The normalized spacial score (nSPS) is 32.5. The van der Waals surface area contributed by atoms with Crippen molar-refractivity contribution in [2.75, 3.05) is 7.11 Å². The molecule has 0 amide bonds. The number of fused-ring (bicyclic) bond motifs is 3. The number of epoxide rings is 1. The van der Waals surface area contributed by atoms with Crippen LogP contribution in [0.2, 0.25) is 0 Å². The average Bonchev–Trinajstić information content (AvgIpc) is 3.38. The van der Waals surface area contributed by atoms with Crippen molar-refractivity contribution in [1.82, 2.24) is 0 Å². The number of hydrogen-bond acceptors (Lipinski definition) is 8. The Morgan fingerprint density at radius 1 is 1.22 bits per heavy atom. The van der Waals surface area contributed by atoms with Gasteiger partial charge in [-0.05, 0) is 19.1 Å². The Hall–Kier alpha value is -2.42. The fraction of sp³-hybridized carbons (Fsp3) is 0.474. The number of aromatic hydroxyl groups is 1. The molecule has 8 heteroatoms. The molecule has 146 valence electrons. The lowest BCUT2D eigenvalue weighted by atomic mass is 9.97. The van der Waals surface area contributed by atoms with E-state index in [1.807, 2.05) is 0 Å². The number of ketones is 1. The zero-order valence-corrected chi connectivity index (χ0v) is 15.0. The summed E-state index contributed by atoms with van der Waals surface area (Å²) >= 11 is 0. The van der Waals surface area contributed by atoms with E-state index in [0.29, 0.717) is 11.3 Å². The van der Waals surface area contributed by atoms with Crippen molar-refractivity contribution in [3.05, 3.63) is 35.4 Å². The Kier molecular flexibility index (Phi) is 5.50. The summed E-state index contributed by atoms with van der Waals surface area (Å²) in [4.78, 5) is 24.5. The third-order valence-corrected chi connectivity index (χ3v) is 4.64. The maximum absolute atomic E-state index is 12.6. The molecule has 2 aliphatic rings. The number of carbonyl (C=O) groups excluding carboxylic acids is 2. The summed E-state index contributed by atoms with van der Waals surface area (Å²) in [5.74, 6) is -1.31. The second-order valence-electron chi connectivity index (χ2n) is 6.71. The summed E-state index contributed by atoms with van der Waals surface area (Å²) in [6.45, 7) is 1.64. The molecule has 5 atom stereocenters. The summed E-state index contributed by atoms with van der Waals surface area (Å²) in [5, 5.41) is 30.4. The number of aliphatic hydroxyl groups is 2. The molecule has 0 aliphatic carbocycles. The Morgan fingerprint density at radius 3 is 2.67 bits per heavy atom. The first kappa shape index (κ1) is 19.3. The summed E-state index contributed by atoms with van der Waals surface area (Å²) in [6, 6.07) is 2.87. The summed E-state index contributed by atoms with van der Waals surface area (Å²) < 4.78 is 16.0. The topological polar surface area (TPSA) is 126 Å². The first-order valence-corrected chi connectivity index (χ1v) is 8.65. The molecule has 1 fully saturated rings. The lowest BCUT2D eigenvalue weighted by molar-refractivity contribution is -0.128. The SMILES string of the molecule is COc1cc(O)c2c(c1)[C@H]1O[C@@H]1C[C@H](O)[C@H](O)C(=O)/C=C\C[C@H](C)OC2=O. The summed E-state index contributed by atoms with van der Waals surface area (Å²) in [7, 11) is 1.42. The second kappa shape index (κ2) is 7.67. The molecule has 1 aromatic carbocycles. The molecule has 2 aliphatic heterocycles. The third kappa shape index (κ3) is 4.13. The lowest BCUT2D eigenvalue weighted by Crippen LogP contribution is -2.34. The van der Waals surface area contributed by atoms with Gasteiger partial charge in [0, 0.05) is 24.5 Å². The molecule has 3 N–H and O–H groups in total. The van der Waals surface area contributed by atoms with Crippen LogP contribution in [0.15, 0.2) is 24.3 Å². The highest BCUT2D eigenvalue weighted by atomic mass is 16.6.